The number of carbonyl (C=O) groups excluding carboxylic acids is 2. The van der Waals surface area contributed by atoms with Crippen LogP contribution in [0.25, 0.3) is 0 Å². The van der Waals surface area contributed by atoms with Crippen LogP contribution in [0.2, 0.25) is 0 Å². The standard InChI is InChI=1S/C14H16O4/c1-4-11(2,3)10(16)18-13-7-5-6-8-12(7,13)14(8,13)17-9(6)15/h6-8H,4-5H2,1-3H3. The summed E-state index contributed by atoms with van der Waals surface area (Å²) in [5.74, 6) is 0.745. The number of esters is 2. The van der Waals surface area contributed by atoms with E-state index in [0.29, 0.717) is 11.8 Å². The molecule has 96 valence electrons. The van der Waals surface area contributed by atoms with Crippen molar-refractivity contribution in [2.45, 2.75) is 44.8 Å². The molecule has 5 fully saturated rings. The minimum absolute atomic E-state index is 0.0525. The van der Waals surface area contributed by atoms with Crippen LogP contribution >= 0.6 is 0 Å². The largest absolute Gasteiger partial charge is 0.453 e. The van der Waals surface area contributed by atoms with Crippen molar-refractivity contribution < 1.29 is 19.1 Å². The zero-order valence-corrected chi connectivity index (χ0v) is 10.8. The van der Waals surface area contributed by atoms with Crippen LogP contribution in [0.3, 0.4) is 0 Å². The predicted octanol–water partition coefficient (Wildman–Crippen LogP) is 1.28. The van der Waals surface area contributed by atoms with E-state index < -0.39 is 5.41 Å². The fourth-order valence-corrected chi connectivity index (χ4v) is 5.38. The van der Waals surface area contributed by atoms with Crippen LogP contribution in [-0.2, 0) is 19.1 Å². The van der Waals surface area contributed by atoms with Crippen molar-refractivity contribution in [3.63, 3.8) is 0 Å². The Labute approximate surface area is 105 Å². The average molecular weight is 248 g/mol. The van der Waals surface area contributed by atoms with E-state index in [1.165, 1.54) is 0 Å². The second-order valence-corrected chi connectivity index (χ2v) is 7.26. The molecule has 18 heavy (non-hydrogen) atoms. The Morgan fingerprint density at radius 3 is 2.94 bits per heavy atom. The zero-order valence-electron chi connectivity index (χ0n) is 10.8. The van der Waals surface area contributed by atoms with Gasteiger partial charge in [-0.05, 0) is 26.7 Å². The summed E-state index contributed by atoms with van der Waals surface area (Å²) >= 11 is 0. The molecular formula is C14H16O4. The Bertz CT molecular complexity index is 552. The van der Waals surface area contributed by atoms with Crippen LogP contribution in [0.5, 0.6) is 0 Å². The Morgan fingerprint density at radius 1 is 1.56 bits per heavy atom. The monoisotopic (exact) mass is 248 g/mol. The molecule has 4 nitrogen and oxygen atoms in total. The molecular weight excluding hydrogens is 232 g/mol. The van der Waals surface area contributed by atoms with Gasteiger partial charge >= 0.3 is 11.9 Å². The third-order valence-electron chi connectivity index (χ3n) is 6.67. The van der Waals surface area contributed by atoms with E-state index in [4.69, 9.17) is 9.47 Å². The van der Waals surface area contributed by atoms with Crippen LogP contribution in [0.1, 0.15) is 33.6 Å². The van der Waals surface area contributed by atoms with E-state index in [2.05, 4.69) is 0 Å². The molecule has 0 aromatic carbocycles. The van der Waals surface area contributed by atoms with Gasteiger partial charge in [0, 0.05) is 11.8 Å². The second kappa shape index (κ2) is 2.02. The van der Waals surface area contributed by atoms with Gasteiger partial charge in [-0.3, -0.25) is 9.59 Å². The third-order valence-corrected chi connectivity index (χ3v) is 6.67. The summed E-state index contributed by atoms with van der Waals surface area (Å²) < 4.78 is 11.4. The summed E-state index contributed by atoms with van der Waals surface area (Å²) in [6, 6.07) is 0. The highest BCUT2D eigenvalue weighted by atomic mass is 16.7. The Balaban J connectivity index is 1.45. The SMILES string of the molecule is CCC(C)(C)C(=O)OC12C3CC4C(=O)OC15C4C325. The van der Waals surface area contributed by atoms with Gasteiger partial charge in [0.1, 0.15) is 0 Å². The molecule has 0 N–H and O–H groups in total. The maximum absolute atomic E-state index is 12.2. The van der Waals surface area contributed by atoms with Gasteiger partial charge in [0.2, 0.25) is 0 Å². The van der Waals surface area contributed by atoms with Crippen LogP contribution in [0, 0.1) is 28.6 Å². The molecule has 1 saturated heterocycles. The first-order chi connectivity index (χ1) is 8.42. The Morgan fingerprint density at radius 2 is 2.28 bits per heavy atom. The fourth-order valence-electron chi connectivity index (χ4n) is 5.38. The molecule has 6 unspecified atom stereocenters. The lowest BCUT2D eigenvalue weighted by molar-refractivity contribution is -0.170. The lowest BCUT2D eigenvalue weighted by Gasteiger charge is -2.28. The van der Waals surface area contributed by atoms with E-state index >= 15 is 0 Å². The van der Waals surface area contributed by atoms with Crippen LogP contribution < -0.4 is 0 Å². The van der Waals surface area contributed by atoms with Crippen molar-refractivity contribution in [1.29, 1.82) is 0 Å². The predicted molar refractivity (Wildman–Crippen MR) is 59.2 cm³/mol. The molecule has 4 saturated carbocycles. The highest BCUT2D eigenvalue weighted by molar-refractivity contribution is 5.94. The van der Waals surface area contributed by atoms with Crippen molar-refractivity contribution in [1.82, 2.24) is 0 Å². The van der Waals surface area contributed by atoms with Gasteiger partial charge in [-0.2, -0.15) is 0 Å². The number of ether oxygens (including phenoxy) is 2. The summed E-state index contributed by atoms with van der Waals surface area (Å²) in [5.41, 5.74) is -1.06. The molecule has 5 rings (SSSR count). The molecule has 2 spiro atoms. The maximum atomic E-state index is 12.2. The molecule has 0 aromatic heterocycles. The Kier molecular flexibility index (Phi) is 1.10. The number of fused-ring (bicyclic) bond motifs is 1. The van der Waals surface area contributed by atoms with Gasteiger partial charge in [-0.25, -0.2) is 0 Å². The summed E-state index contributed by atoms with van der Waals surface area (Å²) in [5, 5.41) is 0. The third kappa shape index (κ3) is 0.517. The summed E-state index contributed by atoms with van der Waals surface area (Å²) in [7, 11) is 0. The van der Waals surface area contributed by atoms with Crippen LogP contribution in [0.4, 0.5) is 0 Å². The first-order valence-electron chi connectivity index (χ1n) is 6.88. The number of carbonyl (C=O) groups is 2. The molecule has 0 aromatic rings. The summed E-state index contributed by atoms with van der Waals surface area (Å²) in [6.45, 7) is 5.81. The molecule has 5 aliphatic rings. The number of hydrogen-bond donors (Lipinski definition) is 0. The molecule has 6 atom stereocenters. The first kappa shape index (κ1) is 9.82. The molecule has 4 heteroatoms. The van der Waals surface area contributed by atoms with Gasteiger partial charge in [-0.15, -0.1) is 0 Å². The fraction of sp³-hybridized carbons (Fsp3) is 0.857. The summed E-state index contributed by atoms with van der Waals surface area (Å²) in [6.07, 6.45) is 1.64. The Hall–Kier alpha value is -1.06. The van der Waals surface area contributed by atoms with E-state index in [-0.39, 0.29) is 34.5 Å². The minimum Gasteiger partial charge on any atom is -0.453 e. The van der Waals surface area contributed by atoms with Crippen molar-refractivity contribution in [3.8, 4) is 0 Å². The van der Waals surface area contributed by atoms with Gasteiger partial charge < -0.3 is 9.47 Å². The lowest BCUT2D eigenvalue weighted by atomic mass is 9.87. The quantitative estimate of drug-likeness (QED) is 0.706. The second-order valence-electron chi connectivity index (χ2n) is 7.26. The molecule has 0 radical (unpaired) electrons. The lowest BCUT2D eigenvalue weighted by Crippen LogP contribution is -2.39. The topological polar surface area (TPSA) is 52.6 Å². The van der Waals surface area contributed by atoms with Crippen LogP contribution in [-0.4, -0.2) is 23.1 Å². The summed E-state index contributed by atoms with van der Waals surface area (Å²) in [4.78, 5) is 23.8. The van der Waals surface area contributed by atoms with Crippen molar-refractivity contribution >= 4 is 11.9 Å². The molecule has 1 heterocycles. The van der Waals surface area contributed by atoms with Crippen LogP contribution in [0.15, 0.2) is 0 Å². The van der Waals surface area contributed by atoms with Gasteiger partial charge in [0.15, 0.2) is 11.2 Å². The highest BCUT2D eigenvalue weighted by Gasteiger charge is 3.32. The maximum Gasteiger partial charge on any atom is 0.312 e. The van der Waals surface area contributed by atoms with E-state index in [0.717, 1.165) is 12.8 Å². The van der Waals surface area contributed by atoms with E-state index in [1.807, 2.05) is 20.8 Å². The molecule has 0 bridgehead atoms. The normalized spacial score (nSPS) is 59.7. The van der Waals surface area contributed by atoms with Crippen molar-refractivity contribution in [3.05, 3.63) is 0 Å². The minimum atomic E-state index is -0.439. The van der Waals surface area contributed by atoms with E-state index in [9.17, 15) is 9.59 Å². The molecule has 1 aliphatic heterocycles. The van der Waals surface area contributed by atoms with Crippen molar-refractivity contribution in [2.24, 2.45) is 28.6 Å². The first-order valence-corrected chi connectivity index (χ1v) is 6.88. The average Bonchev–Trinajstić information content (AvgIpc) is 3.15. The molecule has 0 amide bonds. The molecule has 4 aliphatic carbocycles. The van der Waals surface area contributed by atoms with Gasteiger partial charge in [0.25, 0.3) is 0 Å². The van der Waals surface area contributed by atoms with Crippen molar-refractivity contribution in [2.75, 3.05) is 0 Å². The number of hydrogen-bond acceptors (Lipinski definition) is 4. The zero-order chi connectivity index (χ0) is 12.7. The van der Waals surface area contributed by atoms with Gasteiger partial charge in [0.05, 0.1) is 16.7 Å². The highest BCUT2D eigenvalue weighted by Crippen LogP contribution is 3.16. The smallest absolute Gasteiger partial charge is 0.312 e. The van der Waals surface area contributed by atoms with Gasteiger partial charge in [-0.1, -0.05) is 6.92 Å². The van der Waals surface area contributed by atoms with E-state index in [1.54, 1.807) is 0 Å². The number of rotatable bonds is 3.